The van der Waals surface area contributed by atoms with E-state index in [0.29, 0.717) is 17.9 Å². The number of ether oxygens (including phenoxy) is 1. The molecule has 0 aliphatic heterocycles. The third-order valence-corrected chi connectivity index (χ3v) is 4.74. The number of phenolic OH excluding ortho intramolecular Hbond substituents is 1. The summed E-state index contributed by atoms with van der Waals surface area (Å²) in [5.74, 6) is 0.518. The van der Waals surface area contributed by atoms with Crippen molar-refractivity contribution in [3.05, 3.63) is 59.7 Å². The third kappa shape index (κ3) is 7.86. The van der Waals surface area contributed by atoms with Crippen molar-refractivity contribution in [2.45, 2.75) is 64.7 Å². The lowest BCUT2D eigenvalue weighted by Crippen LogP contribution is -2.04. The second kappa shape index (κ2) is 12.2. The van der Waals surface area contributed by atoms with Crippen molar-refractivity contribution < 1.29 is 14.6 Å². The summed E-state index contributed by atoms with van der Waals surface area (Å²) in [6, 6.07) is 14.5. The first-order valence-corrected chi connectivity index (χ1v) is 10.2. The standard InChI is InChI=1S/C24H32O3/c1-2-3-4-5-6-7-8-12-17-27-21-15-16-22(24(26)19-21)23(25)18-20-13-10-9-11-14-20/h9-11,13-16,19,26H,2-8,12,17-18H2,1H3. The van der Waals surface area contributed by atoms with Crippen LogP contribution in [0.2, 0.25) is 0 Å². The summed E-state index contributed by atoms with van der Waals surface area (Å²) in [7, 11) is 0. The van der Waals surface area contributed by atoms with E-state index in [0.717, 1.165) is 12.0 Å². The first-order valence-electron chi connectivity index (χ1n) is 10.2. The minimum atomic E-state index is -0.0895. The highest BCUT2D eigenvalue weighted by Gasteiger charge is 2.12. The maximum absolute atomic E-state index is 12.4. The van der Waals surface area contributed by atoms with E-state index < -0.39 is 0 Å². The van der Waals surface area contributed by atoms with Gasteiger partial charge in [0.2, 0.25) is 0 Å². The topological polar surface area (TPSA) is 46.5 Å². The molecule has 2 rings (SSSR count). The van der Waals surface area contributed by atoms with Gasteiger partial charge in [-0.3, -0.25) is 4.79 Å². The number of ketones is 1. The summed E-state index contributed by atoms with van der Waals surface area (Å²) in [5.41, 5.74) is 1.29. The maximum atomic E-state index is 12.4. The second-order valence-corrected chi connectivity index (χ2v) is 7.09. The number of benzene rings is 2. The van der Waals surface area contributed by atoms with E-state index in [4.69, 9.17) is 4.74 Å². The van der Waals surface area contributed by atoms with Crippen LogP contribution in [0, 0.1) is 0 Å². The predicted molar refractivity (Wildman–Crippen MR) is 111 cm³/mol. The third-order valence-electron chi connectivity index (χ3n) is 4.74. The molecule has 146 valence electrons. The molecule has 0 spiro atoms. The lowest BCUT2D eigenvalue weighted by Gasteiger charge is -2.09. The van der Waals surface area contributed by atoms with Gasteiger partial charge in [-0.15, -0.1) is 0 Å². The normalized spacial score (nSPS) is 10.7. The van der Waals surface area contributed by atoms with E-state index in [9.17, 15) is 9.90 Å². The second-order valence-electron chi connectivity index (χ2n) is 7.09. The summed E-state index contributed by atoms with van der Waals surface area (Å²) in [6.45, 7) is 2.88. The zero-order valence-corrected chi connectivity index (χ0v) is 16.5. The van der Waals surface area contributed by atoms with Gasteiger partial charge in [-0.2, -0.15) is 0 Å². The van der Waals surface area contributed by atoms with Crippen LogP contribution in [0.1, 0.15) is 74.2 Å². The highest BCUT2D eigenvalue weighted by atomic mass is 16.5. The molecular formula is C24H32O3. The Bertz CT molecular complexity index is 679. The Labute approximate surface area is 163 Å². The number of carbonyl (C=O) groups excluding carboxylic acids is 1. The highest BCUT2D eigenvalue weighted by Crippen LogP contribution is 2.25. The van der Waals surface area contributed by atoms with Gasteiger partial charge in [-0.05, 0) is 24.1 Å². The van der Waals surface area contributed by atoms with E-state index in [2.05, 4.69) is 6.92 Å². The fraction of sp³-hybridized carbons (Fsp3) is 0.458. The number of phenols is 1. The lowest BCUT2D eigenvalue weighted by atomic mass is 10.0. The zero-order chi connectivity index (χ0) is 19.3. The molecule has 0 saturated heterocycles. The monoisotopic (exact) mass is 368 g/mol. The molecule has 27 heavy (non-hydrogen) atoms. The van der Waals surface area contributed by atoms with E-state index in [1.807, 2.05) is 30.3 Å². The van der Waals surface area contributed by atoms with Gasteiger partial charge in [0, 0.05) is 12.5 Å². The van der Waals surface area contributed by atoms with Gasteiger partial charge in [0.05, 0.1) is 12.2 Å². The van der Waals surface area contributed by atoms with Crippen LogP contribution in [0.25, 0.3) is 0 Å². The van der Waals surface area contributed by atoms with Crippen LogP contribution in [0.15, 0.2) is 48.5 Å². The Kier molecular flexibility index (Phi) is 9.47. The first kappa shape index (κ1) is 21.0. The van der Waals surface area contributed by atoms with Crippen LogP contribution >= 0.6 is 0 Å². The molecule has 2 aromatic rings. The summed E-state index contributed by atoms with van der Waals surface area (Å²) < 4.78 is 5.71. The summed E-state index contributed by atoms with van der Waals surface area (Å²) >= 11 is 0. The molecule has 0 atom stereocenters. The van der Waals surface area contributed by atoms with Crippen molar-refractivity contribution in [2.75, 3.05) is 6.61 Å². The number of Topliss-reactive ketones (excluding diaryl/α,β-unsaturated/α-hetero) is 1. The largest absolute Gasteiger partial charge is 0.507 e. The SMILES string of the molecule is CCCCCCCCCCOc1ccc(C(=O)Cc2ccccc2)c(O)c1. The van der Waals surface area contributed by atoms with Crippen LogP contribution in [0.3, 0.4) is 0 Å². The van der Waals surface area contributed by atoms with Crippen LogP contribution in [-0.4, -0.2) is 17.5 Å². The Morgan fingerprint density at radius 1 is 0.889 bits per heavy atom. The van der Waals surface area contributed by atoms with E-state index >= 15 is 0 Å². The van der Waals surface area contributed by atoms with Crippen LogP contribution in [-0.2, 0) is 6.42 Å². The number of aromatic hydroxyl groups is 1. The molecule has 0 aliphatic rings. The Hall–Kier alpha value is -2.29. The molecule has 0 saturated carbocycles. The fourth-order valence-corrected chi connectivity index (χ4v) is 3.14. The van der Waals surface area contributed by atoms with Crippen molar-refractivity contribution in [3.8, 4) is 11.5 Å². The molecular weight excluding hydrogens is 336 g/mol. The number of hydrogen-bond donors (Lipinski definition) is 1. The van der Waals surface area contributed by atoms with Crippen molar-refractivity contribution in [1.82, 2.24) is 0 Å². The van der Waals surface area contributed by atoms with E-state index in [1.54, 1.807) is 18.2 Å². The molecule has 0 fully saturated rings. The molecule has 1 N–H and O–H groups in total. The molecule has 0 heterocycles. The molecule has 0 radical (unpaired) electrons. The number of rotatable bonds is 13. The number of unbranched alkanes of at least 4 members (excludes halogenated alkanes) is 7. The molecule has 0 aromatic heterocycles. The summed E-state index contributed by atoms with van der Waals surface area (Å²) in [6.07, 6.45) is 10.3. The van der Waals surface area contributed by atoms with Gasteiger partial charge >= 0.3 is 0 Å². The van der Waals surface area contributed by atoms with Crippen LogP contribution in [0.4, 0.5) is 0 Å². The maximum Gasteiger partial charge on any atom is 0.170 e. The summed E-state index contributed by atoms with van der Waals surface area (Å²) in [4.78, 5) is 12.4. The molecule has 0 aliphatic carbocycles. The van der Waals surface area contributed by atoms with Crippen molar-refractivity contribution >= 4 is 5.78 Å². The lowest BCUT2D eigenvalue weighted by molar-refractivity contribution is 0.0990. The van der Waals surface area contributed by atoms with Crippen molar-refractivity contribution in [3.63, 3.8) is 0 Å². The minimum Gasteiger partial charge on any atom is -0.507 e. The van der Waals surface area contributed by atoms with Gasteiger partial charge in [-0.25, -0.2) is 0 Å². The minimum absolute atomic E-state index is 0.00986. The van der Waals surface area contributed by atoms with Gasteiger partial charge in [-0.1, -0.05) is 82.2 Å². The quantitative estimate of drug-likeness (QED) is 0.331. The van der Waals surface area contributed by atoms with Crippen LogP contribution in [0.5, 0.6) is 11.5 Å². The predicted octanol–water partition coefficient (Wildman–Crippen LogP) is 6.34. The zero-order valence-electron chi connectivity index (χ0n) is 16.5. The Morgan fingerprint density at radius 2 is 1.56 bits per heavy atom. The fourth-order valence-electron chi connectivity index (χ4n) is 3.14. The van der Waals surface area contributed by atoms with Crippen molar-refractivity contribution in [1.29, 1.82) is 0 Å². The van der Waals surface area contributed by atoms with Gasteiger partial charge in [0.1, 0.15) is 11.5 Å². The molecule has 3 heteroatoms. The Morgan fingerprint density at radius 3 is 2.22 bits per heavy atom. The summed E-state index contributed by atoms with van der Waals surface area (Å²) in [5, 5.41) is 10.2. The van der Waals surface area contributed by atoms with E-state index in [1.165, 1.54) is 44.9 Å². The van der Waals surface area contributed by atoms with Gasteiger partial charge in [0.15, 0.2) is 5.78 Å². The van der Waals surface area contributed by atoms with E-state index in [-0.39, 0.29) is 18.0 Å². The van der Waals surface area contributed by atoms with Gasteiger partial charge in [0.25, 0.3) is 0 Å². The number of carbonyl (C=O) groups is 1. The average molecular weight is 369 g/mol. The molecule has 0 bridgehead atoms. The Balaban J connectivity index is 1.70. The molecule has 3 nitrogen and oxygen atoms in total. The first-order chi connectivity index (χ1) is 13.2. The highest BCUT2D eigenvalue weighted by molar-refractivity contribution is 6.00. The molecule has 2 aromatic carbocycles. The van der Waals surface area contributed by atoms with Gasteiger partial charge < -0.3 is 9.84 Å². The molecule has 0 amide bonds. The molecule has 0 unspecified atom stereocenters. The smallest absolute Gasteiger partial charge is 0.170 e. The van der Waals surface area contributed by atoms with Crippen LogP contribution < -0.4 is 4.74 Å². The number of hydrogen-bond acceptors (Lipinski definition) is 3. The van der Waals surface area contributed by atoms with Crippen molar-refractivity contribution in [2.24, 2.45) is 0 Å². The average Bonchev–Trinajstić information content (AvgIpc) is 2.67.